The van der Waals surface area contributed by atoms with Crippen molar-refractivity contribution in [1.82, 2.24) is 10.6 Å². The Labute approximate surface area is 90.8 Å². The third kappa shape index (κ3) is 3.18. The lowest BCUT2D eigenvalue weighted by atomic mass is 10.1. The van der Waals surface area contributed by atoms with Gasteiger partial charge in [0, 0.05) is 12.6 Å². The fourth-order valence-electron chi connectivity index (χ4n) is 2.24. The molecule has 2 N–H and O–H groups in total. The van der Waals surface area contributed by atoms with Crippen molar-refractivity contribution < 1.29 is 9.53 Å². The zero-order valence-corrected chi connectivity index (χ0v) is 9.13. The molecule has 0 aromatic heterocycles. The summed E-state index contributed by atoms with van der Waals surface area (Å²) in [5, 5.41) is 6.43. The van der Waals surface area contributed by atoms with E-state index in [1.54, 1.807) is 0 Å². The largest absolute Gasteiger partial charge is 0.368 e. The van der Waals surface area contributed by atoms with Crippen molar-refractivity contribution >= 4 is 5.91 Å². The van der Waals surface area contributed by atoms with E-state index in [1.807, 2.05) is 0 Å². The molecule has 2 rings (SSSR count). The van der Waals surface area contributed by atoms with Gasteiger partial charge in [-0.3, -0.25) is 4.79 Å². The summed E-state index contributed by atoms with van der Waals surface area (Å²) >= 11 is 0. The molecule has 0 radical (unpaired) electrons. The molecule has 86 valence electrons. The molecule has 2 atom stereocenters. The molecule has 0 saturated carbocycles. The highest BCUT2D eigenvalue weighted by molar-refractivity contribution is 5.81. The second-order valence-electron chi connectivity index (χ2n) is 4.39. The summed E-state index contributed by atoms with van der Waals surface area (Å²) < 4.78 is 5.36. The van der Waals surface area contributed by atoms with Gasteiger partial charge in [-0.2, -0.15) is 0 Å². The lowest BCUT2D eigenvalue weighted by Crippen LogP contribution is -2.41. The van der Waals surface area contributed by atoms with Gasteiger partial charge in [-0.1, -0.05) is 0 Å². The fraction of sp³-hybridized carbons (Fsp3) is 0.909. The Morgan fingerprint density at radius 3 is 2.93 bits per heavy atom. The number of hydrogen-bond acceptors (Lipinski definition) is 3. The van der Waals surface area contributed by atoms with E-state index in [4.69, 9.17) is 4.74 Å². The first kappa shape index (κ1) is 10.9. The lowest BCUT2D eigenvalue weighted by molar-refractivity contribution is -0.130. The molecule has 2 saturated heterocycles. The molecule has 2 unspecified atom stereocenters. The van der Waals surface area contributed by atoms with Gasteiger partial charge in [-0.15, -0.1) is 0 Å². The lowest BCUT2D eigenvalue weighted by Gasteiger charge is -2.18. The standard InChI is InChI=1S/C11H20N2O2/c14-11(10-4-2-8-15-10)13-9-3-1-6-12-7-5-9/h9-10,12H,1-8H2,(H,13,14). The number of carbonyl (C=O) groups is 1. The maximum absolute atomic E-state index is 11.8. The van der Waals surface area contributed by atoms with Gasteiger partial charge in [0.05, 0.1) is 0 Å². The van der Waals surface area contributed by atoms with Gasteiger partial charge < -0.3 is 15.4 Å². The number of ether oxygens (including phenoxy) is 1. The van der Waals surface area contributed by atoms with E-state index < -0.39 is 0 Å². The average molecular weight is 212 g/mol. The highest BCUT2D eigenvalue weighted by Crippen LogP contribution is 2.13. The van der Waals surface area contributed by atoms with Crippen LogP contribution in [0.15, 0.2) is 0 Å². The third-order valence-electron chi connectivity index (χ3n) is 3.14. The number of amides is 1. The van der Waals surface area contributed by atoms with Crippen LogP contribution in [0.5, 0.6) is 0 Å². The maximum atomic E-state index is 11.8. The topological polar surface area (TPSA) is 50.4 Å². The summed E-state index contributed by atoms with van der Waals surface area (Å²) in [7, 11) is 0. The van der Waals surface area contributed by atoms with Crippen molar-refractivity contribution in [3.8, 4) is 0 Å². The molecule has 0 bridgehead atoms. The van der Waals surface area contributed by atoms with Crippen molar-refractivity contribution in [3.05, 3.63) is 0 Å². The van der Waals surface area contributed by atoms with Crippen molar-refractivity contribution in [2.75, 3.05) is 19.7 Å². The minimum atomic E-state index is -0.179. The van der Waals surface area contributed by atoms with Crippen molar-refractivity contribution in [1.29, 1.82) is 0 Å². The number of nitrogens with one attached hydrogen (secondary N) is 2. The van der Waals surface area contributed by atoms with E-state index in [9.17, 15) is 4.79 Å². The third-order valence-corrected chi connectivity index (χ3v) is 3.14. The minimum absolute atomic E-state index is 0.0967. The Morgan fingerprint density at radius 2 is 2.13 bits per heavy atom. The van der Waals surface area contributed by atoms with E-state index in [2.05, 4.69) is 10.6 Å². The first-order chi connectivity index (χ1) is 7.36. The molecule has 1 amide bonds. The highest BCUT2D eigenvalue weighted by atomic mass is 16.5. The van der Waals surface area contributed by atoms with Crippen LogP contribution in [0.3, 0.4) is 0 Å². The molecule has 4 heteroatoms. The number of carbonyl (C=O) groups excluding carboxylic acids is 1. The van der Waals surface area contributed by atoms with E-state index in [1.165, 1.54) is 0 Å². The van der Waals surface area contributed by atoms with E-state index in [0.29, 0.717) is 6.04 Å². The zero-order valence-electron chi connectivity index (χ0n) is 9.13. The van der Waals surface area contributed by atoms with Crippen LogP contribution in [-0.4, -0.2) is 37.7 Å². The summed E-state index contributed by atoms with van der Waals surface area (Å²) in [6.45, 7) is 2.83. The van der Waals surface area contributed by atoms with Crippen molar-refractivity contribution in [2.24, 2.45) is 0 Å². The summed E-state index contributed by atoms with van der Waals surface area (Å²) in [6.07, 6.45) is 5.00. The van der Waals surface area contributed by atoms with Gasteiger partial charge in [-0.25, -0.2) is 0 Å². The van der Waals surface area contributed by atoms with Crippen LogP contribution in [0.4, 0.5) is 0 Å². The fourth-order valence-corrected chi connectivity index (χ4v) is 2.24. The van der Waals surface area contributed by atoms with Crippen LogP contribution in [0.25, 0.3) is 0 Å². The molecule has 0 aliphatic carbocycles. The van der Waals surface area contributed by atoms with Gasteiger partial charge in [0.1, 0.15) is 6.10 Å². The number of hydrogen-bond donors (Lipinski definition) is 2. The molecule has 0 aromatic carbocycles. The predicted octanol–water partition coefficient (Wildman–Crippen LogP) is 0.424. The molecule has 2 fully saturated rings. The second-order valence-corrected chi connectivity index (χ2v) is 4.39. The Hall–Kier alpha value is -0.610. The second kappa shape index (κ2) is 5.47. The Morgan fingerprint density at radius 1 is 1.20 bits per heavy atom. The molecular weight excluding hydrogens is 192 g/mol. The van der Waals surface area contributed by atoms with Crippen LogP contribution < -0.4 is 10.6 Å². The molecule has 0 spiro atoms. The molecule has 2 aliphatic rings. The molecular formula is C11H20N2O2. The summed E-state index contributed by atoms with van der Waals surface area (Å²) in [6, 6.07) is 0.344. The summed E-state index contributed by atoms with van der Waals surface area (Å²) in [4.78, 5) is 11.8. The van der Waals surface area contributed by atoms with Gasteiger partial charge in [0.15, 0.2) is 0 Å². The van der Waals surface area contributed by atoms with Crippen LogP contribution in [0.1, 0.15) is 32.1 Å². The Balaban J connectivity index is 1.76. The quantitative estimate of drug-likeness (QED) is 0.697. The van der Waals surface area contributed by atoms with Crippen molar-refractivity contribution in [3.63, 3.8) is 0 Å². The van der Waals surface area contributed by atoms with E-state index >= 15 is 0 Å². The van der Waals surface area contributed by atoms with Gasteiger partial charge in [0.2, 0.25) is 5.91 Å². The zero-order chi connectivity index (χ0) is 10.5. The summed E-state index contributed by atoms with van der Waals surface area (Å²) in [5.74, 6) is 0.0967. The molecule has 15 heavy (non-hydrogen) atoms. The Bertz CT molecular complexity index is 207. The van der Waals surface area contributed by atoms with Crippen LogP contribution in [-0.2, 0) is 9.53 Å². The van der Waals surface area contributed by atoms with E-state index in [-0.39, 0.29) is 12.0 Å². The van der Waals surface area contributed by atoms with Gasteiger partial charge in [-0.05, 0) is 45.2 Å². The van der Waals surface area contributed by atoms with Crippen LogP contribution in [0.2, 0.25) is 0 Å². The van der Waals surface area contributed by atoms with Gasteiger partial charge >= 0.3 is 0 Å². The normalized spacial score (nSPS) is 32.3. The Kier molecular flexibility index (Phi) is 3.97. The van der Waals surface area contributed by atoms with Crippen LogP contribution >= 0.6 is 0 Å². The SMILES string of the molecule is O=C(NC1CCCNCC1)C1CCCO1. The molecule has 2 aliphatic heterocycles. The average Bonchev–Trinajstić information content (AvgIpc) is 2.65. The monoisotopic (exact) mass is 212 g/mol. The van der Waals surface area contributed by atoms with Crippen LogP contribution in [0, 0.1) is 0 Å². The first-order valence-electron chi connectivity index (χ1n) is 5.99. The predicted molar refractivity (Wildman–Crippen MR) is 57.6 cm³/mol. The molecule has 2 heterocycles. The highest BCUT2D eigenvalue weighted by Gasteiger charge is 2.25. The minimum Gasteiger partial charge on any atom is -0.368 e. The van der Waals surface area contributed by atoms with E-state index in [0.717, 1.165) is 51.8 Å². The molecule has 4 nitrogen and oxygen atoms in total. The molecule has 0 aromatic rings. The maximum Gasteiger partial charge on any atom is 0.249 e. The van der Waals surface area contributed by atoms with Crippen molar-refractivity contribution in [2.45, 2.75) is 44.2 Å². The number of rotatable bonds is 2. The summed E-state index contributed by atoms with van der Waals surface area (Å²) in [5.41, 5.74) is 0. The first-order valence-corrected chi connectivity index (χ1v) is 5.99. The smallest absolute Gasteiger partial charge is 0.249 e. The van der Waals surface area contributed by atoms with Gasteiger partial charge in [0.25, 0.3) is 0 Å².